The SMILES string of the molecule is C[Si](C)(C)O[Si](C)(C)CCCOc1ccc(C(=O)Oc2cccc(OC(=O)c3ccc(OCCC[Si](C)(C)O[Si](C)(C)C)cc3)c2)cc1. The van der Waals surface area contributed by atoms with Crippen LogP contribution in [0, 0.1) is 0 Å². The van der Waals surface area contributed by atoms with Crippen LogP contribution in [0.2, 0.25) is 77.6 Å². The van der Waals surface area contributed by atoms with Crippen molar-refractivity contribution in [2.24, 2.45) is 0 Å². The van der Waals surface area contributed by atoms with Crippen LogP contribution in [0.5, 0.6) is 23.0 Å². The van der Waals surface area contributed by atoms with Crippen molar-refractivity contribution >= 4 is 45.2 Å². The molecule has 8 nitrogen and oxygen atoms in total. The summed E-state index contributed by atoms with van der Waals surface area (Å²) < 4.78 is 35.7. The lowest BCUT2D eigenvalue weighted by molar-refractivity contribution is 0.0732. The Balaban J connectivity index is 1.44. The highest BCUT2D eigenvalue weighted by molar-refractivity contribution is 6.84. The molecule has 12 heteroatoms. The molecule has 0 N–H and O–H groups in total. The van der Waals surface area contributed by atoms with Crippen LogP contribution in [0.15, 0.2) is 72.8 Å². The van der Waals surface area contributed by atoms with E-state index in [0.29, 0.717) is 35.8 Å². The summed E-state index contributed by atoms with van der Waals surface area (Å²) in [6, 6.07) is 22.3. The average molecular weight is 727 g/mol. The maximum absolute atomic E-state index is 12.8. The van der Waals surface area contributed by atoms with Gasteiger partial charge in [0.05, 0.1) is 24.3 Å². The molecule has 3 rings (SSSR count). The van der Waals surface area contributed by atoms with E-state index in [4.69, 9.17) is 27.2 Å². The first-order valence-corrected chi connectivity index (χ1v) is 29.7. The number of hydrogen-bond acceptors (Lipinski definition) is 8. The minimum absolute atomic E-state index is 0.267. The average Bonchev–Trinajstić information content (AvgIpc) is 2.96. The smallest absolute Gasteiger partial charge is 0.343 e. The van der Waals surface area contributed by atoms with E-state index >= 15 is 0 Å². The number of benzene rings is 3. The highest BCUT2D eigenvalue weighted by Gasteiger charge is 2.30. The van der Waals surface area contributed by atoms with Crippen LogP contribution in [0.1, 0.15) is 33.6 Å². The molecule has 0 saturated heterocycles. The maximum atomic E-state index is 12.8. The Morgan fingerprint density at radius 1 is 0.500 bits per heavy atom. The molecule has 3 aromatic carbocycles. The molecule has 0 saturated carbocycles. The number of hydrogen-bond donors (Lipinski definition) is 0. The number of carbonyl (C=O) groups excluding carboxylic acids is 2. The van der Waals surface area contributed by atoms with Gasteiger partial charge in [-0.2, -0.15) is 0 Å². The van der Waals surface area contributed by atoms with Crippen LogP contribution in [0.4, 0.5) is 0 Å². The summed E-state index contributed by atoms with van der Waals surface area (Å²) in [6.07, 6.45) is 1.84. The van der Waals surface area contributed by atoms with Crippen molar-refractivity contribution in [3.05, 3.63) is 83.9 Å². The van der Waals surface area contributed by atoms with Crippen molar-refractivity contribution in [3.8, 4) is 23.0 Å². The summed E-state index contributed by atoms with van der Waals surface area (Å²) in [4.78, 5) is 25.6. The highest BCUT2D eigenvalue weighted by atomic mass is 28.4. The summed E-state index contributed by atoms with van der Waals surface area (Å²) in [6.45, 7) is 23.6. The molecule has 0 radical (unpaired) electrons. The Kier molecular flexibility index (Phi) is 14.0. The lowest BCUT2D eigenvalue weighted by atomic mass is 10.2. The second-order valence-electron chi connectivity index (χ2n) is 15.2. The predicted octanol–water partition coefficient (Wildman–Crippen LogP) is 9.78. The molecule has 0 aliphatic heterocycles. The summed E-state index contributed by atoms with van der Waals surface area (Å²) in [5.74, 6) is 0.877. The van der Waals surface area contributed by atoms with Gasteiger partial charge in [0.15, 0.2) is 33.3 Å². The van der Waals surface area contributed by atoms with Crippen LogP contribution in [0.3, 0.4) is 0 Å². The molecule has 0 aromatic heterocycles. The molecule has 0 spiro atoms. The molecule has 262 valence electrons. The first-order valence-electron chi connectivity index (χ1n) is 16.7. The molecule has 0 aliphatic carbocycles. The van der Waals surface area contributed by atoms with Crippen LogP contribution in [-0.2, 0) is 8.23 Å². The molecule has 48 heavy (non-hydrogen) atoms. The van der Waals surface area contributed by atoms with E-state index in [9.17, 15) is 9.59 Å². The van der Waals surface area contributed by atoms with E-state index in [1.54, 1.807) is 66.7 Å². The summed E-state index contributed by atoms with van der Waals surface area (Å²) >= 11 is 0. The molecule has 0 fully saturated rings. The second kappa shape index (κ2) is 17.1. The van der Waals surface area contributed by atoms with Crippen LogP contribution in [0.25, 0.3) is 0 Å². The molecule has 0 bridgehead atoms. The number of carbonyl (C=O) groups is 2. The molecule has 0 aliphatic rings. The third kappa shape index (κ3) is 15.0. The van der Waals surface area contributed by atoms with Gasteiger partial charge in [0.2, 0.25) is 0 Å². The van der Waals surface area contributed by atoms with E-state index < -0.39 is 45.2 Å². The van der Waals surface area contributed by atoms with Gasteiger partial charge in [-0.15, -0.1) is 0 Å². The van der Waals surface area contributed by atoms with Gasteiger partial charge in [-0.25, -0.2) is 9.59 Å². The zero-order chi connectivity index (χ0) is 35.6. The Bertz CT molecular complexity index is 1370. The summed E-state index contributed by atoms with van der Waals surface area (Å²) in [5.41, 5.74) is 0.768. The van der Waals surface area contributed by atoms with Crippen molar-refractivity contribution in [1.82, 2.24) is 0 Å². The number of rotatable bonds is 18. The Labute approximate surface area is 291 Å². The summed E-state index contributed by atoms with van der Waals surface area (Å²) in [7, 11) is -6.50. The third-order valence-corrected chi connectivity index (χ3v) is 19.4. The fraction of sp³-hybridized carbons (Fsp3) is 0.444. The molecule has 0 unspecified atom stereocenters. The molecule has 0 amide bonds. The van der Waals surface area contributed by atoms with Crippen molar-refractivity contribution in [2.45, 2.75) is 90.4 Å². The molecule has 0 atom stereocenters. The second-order valence-corrected chi connectivity index (χ2v) is 33.3. The van der Waals surface area contributed by atoms with Gasteiger partial charge >= 0.3 is 11.9 Å². The number of esters is 2. The van der Waals surface area contributed by atoms with Crippen molar-refractivity contribution in [1.29, 1.82) is 0 Å². The van der Waals surface area contributed by atoms with Crippen LogP contribution < -0.4 is 18.9 Å². The van der Waals surface area contributed by atoms with Gasteiger partial charge in [-0.05, 0) is 151 Å². The standard InChI is InChI=1S/C36H54O8Si4/c1-45(2,3)43-47(7,8)26-12-24-39-31-20-16-29(17-21-31)35(37)41-33-14-11-15-34(28-33)42-36(38)30-18-22-32(23-19-30)40-25-13-27-48(9,10)44-46(4,5)6/h11,14-23,28H,12-13,24-27H2,1-10H3. The van der Waals surface area contributed by atoms with Crippen molar-refractivity contribution in [3.63, 3.8) is 0 Å². The first-order chi connectivity index (χ1) is 22.3. The largest absolute Gasteiger partial charge is 0.494 e. The van der Waals surface area contributed by atoms with E-state index in [-0.39, 0.29) is 11.5 Å². The lowest BCUT2D eigenvalue weighted by Crippen LogP contribution is -2.42. The van der Waals surface area contributed by atoms with E-state index in [1.165, 1.54) is 6.07 Å². The fourth-order valence-corrected chi connectivity index (χ4v) is 21.5. The van der Waals surface area contributed by atoms with Crippen molar-refractivity contribution < 1.29 is 36.8 Å². The Morgan fingerprint density at radius 2 is 0.854 bits per heavy atom. The Hall–Kier alpha value is -3.01. The van der Waals surface area contributed by atoms with Gasteiger partial charge in [0.1, 0.15) is 23.0 Å². The van der Waals surface area contributed by atoms with Gasteiger partial charge in [0.25, 0.3) is 0 Å². The lowest BCUT2D eigenvalue weighted by Gasteiger charge is -2.31. The first kappa shape index (κ1) is 39.4. The minimum Gasteiger partial charge on any atom is -0.494 e. The maximum Gasteiger partial charge on any atom is 0.343 e. The van der Waals surface area contributed by atoms with Crippen LogP contribution in [-0.4, -0.2) is 58.4 Å². The Morgan fingerprint density at radius 3 is 1.19 bits per heavy atom. The zero-order valence-electron chi connectivity index (χ0n) is 30.4. The van der Waals surface area contributed by atoms with E-state index in [1.807, 2.05) is 0 Å². The van der Waals surface area contributed by atoms with Crippen molar-refractivity contribution in [2.75, 3.05) is 13.2 Å². The van der Waals surface area contributed by atoms with Crippen LogP contribution >= 0.6 is 0 Å². The highest BCUT2D eigenvalue weighted by Crippen LogP contribution is 2.25. The topological polar surface area (TPSA) is 89.5 Å². The molecule has 0 heterocycles. The molecular weight excluding hydrogens is 673 g/mol. The number of ether oxygens (including phenoxy) is 4. The molecular formula is C36H54O8Si4. The quantitative estimate of drug-likeness (QED) is 0.0554. The van der Waals surface area contributed by atoms with Gasteiger partial charge in [-0.3, -0.25) is 0 Å². The van der Waals surface area contributed by atoms with E-state index in [2.05, 4.69) is 65.5 Å². The van der Waals surface area contributed by atoms with Gasteiger partial charge in [0, 0.05) is 6.07 Å². The van der Waals surface area contributed by atoms with E-state index in [0.717, 1.165) is 24.9 Å². The minimum atomic E-state index is -1.70. The monoisotopic (exact) mass is 726 g/mol. The van der Waals surface area contributed by atoms with Gasteiger partial charge < -0.3 is 27.2 Å². The third-order valence-electron chi connectivity index (χ3n) is 6.96. The predicted molar refractivity (Wildman–Crippen MR) is 203 cm³/mol. The zero-order valence-corrected chi connectivity index (χ0v) is 34.4. The summed E-state index contributed by atoms with van der Waals surface area (Å²) in [5, 5.41) is 0. The van der Waals surface area contributed by atoms with Gasteiger partial charge in [-0.1, -0.05) is 6.07 Å². The normalized spacial score (nSPS) is 12.4. The molecule has 3 aromatic rings. The fourth-order valence-electron chi connectivity index (χ4n) is 5.44.